The van der Waals surface area contributed by atoms with Crippen molar-refractivity contribution >= 4 is 39.9 Å². The monoisotopic (exact) mass is 362 g/mol. The predicted octanol–water partition coefficient (Wildman–Crippen LogP) is 3.48. The molecule has 0 aliphatic heterocycles. The Bertz CT molecular complexity index is 476. The molecule has 112 valence electrons. The molecule has 3 N–H and O–H groups in total. The number of methoxy groups -OCH3 is 1. The van der Waals surface area contributed by atoms with E-state index in [0.29, 0.717) is 11.4 Å². The maximum atomic E-state index is 12.3. The number of nitrogens with two attached hydrogens (primary N) is 1. The van der Waals surface area contributed by atoms with Crippen molar-refractivity contribution in [2.45, 2.75) is 37.6 Å². The van der Waals surface area contributed by atoms with E-state index in [2.05, 4.69) is 21.2 Å². The molecule has 0 spiro atoms. The SMILES string of the molecule is COc1cc(NC(=O)C2(N)CCCCC2)ccc1Br.Cl. The zero-order chi connectivity index (χ0) is 13.9. The number of anilines is 1. The molecule has 1 amide bonds. The molecule has 0 aromatic heterocycles. The molecule has 6 heteroatoms. The fourth-order valence-electron chi connectivity index (χ4n) is 2.40. The van der Waals surface area contributed by atoms with E-state index in [0.717, 1.165) is 30.2 Å². The van der Waals surface area contributed by atoms with E-state index in [1.54, 1.807) is 13.2 Å². The summed E-state index contributed by atoms with van der Waals surface area (Å²) in [4.78, 5) is 12.3. The van der Waals surface area contributed by atoms with Gasteiger partial charge in [-0.25, -0.2) is 0 Å². The summed E-state index contributed by atoms with van der Waals surface area (Å²) in [5, 5.41) is 2.89. The molecule has 0 atom stereocenters. The molecular formula is C14H20BrClN2O2. The van der Waals surface area contributed by atoms with Crippen LogP contribution in [0.5, 0.6) is 5.75 Å². The van der Waals surface area contributed by atoms with Gasteiger partial charge in [-0.2, -0.15) is 0 Å². The zero-order valence-electron chi connectivity index (χ0n) is 11.4. The fraction of sp³-hybridized carbons (Fsp3) is 0.500. The Labute approximate surface area is 134 Å². The minimum atomic E-state index is -0.724. The summed E-state index contributed by atoms with van der Waals surface area (Å²) in [6.45, 7) is 0. The Balaban J connectivity index is 0.00000200. The van der Waals surface area contributed by atoms with Crippen molar-refractivity contribution in [2.24, 2.45) is 5.73 Å². The quantitative estimate of drug-likeness (QED) is 0.864. The van der Waals surface area contributed by atoms with Crippen molar-refractivity contribution in [3.05, 3.63) is 22.7 Å². The minimum absolute atomic E-state index is 0. The molecule has 0 bridgehead atoms. The highest BCUT2D eigenvalue weighted by molar-refractivity contribution is 9.10. The van der Waals surface area contributed by atoms with Crippen molar-refractivity contribution in [3.63, 3.8) is 0 Å². The number of hydrogen-bond donors (Lipinski definition) is 2. The van der Waals surface area contributed by atoms with Gasteiger partial charge in [0.2, 0.25) is 5.91 Å². The first-order chi connectivity index (χ1) is 9.05. The number of nitrogens with one attached hydrogen (secondary N) is 1. The Kier molecular flexibility index (Phi) is 6.30. The van der Waals surface area contributed by atoms with Crippen LogP contribution in [-0.4, -0.2) is 18.6 Å². The lowest BCUT2D eigenvalue weighted by Crippen LogP contribution is -2.52. The number of hydrogen-bond acceptors (Lipinski definition) is 3. The maximum Gasteiger partial charge on any atom is 0.244 e. The van der Waals surface area contributed by atoms with Gasteiger partial charge in [0, 0.05) is 11.8 Å². The van der Waals surface area contributed by atoms with Crippen molar-refractivity contribution in [1.29, 1.82) is 0 Å². The molecule has 0 saturated heterocycles. The molecule has 1 aliphatic rings. The number of carbonyl (C=O) groups is 1. The van der Waals surface area contributed by atoms with Crippen molar-refractivity contribution < 1.29 is 9.53 Å². The first kappa shape index (κ1) is 17.3. The lowest BCUT2D eigenvalue weighted by molar-refractivity contribution is -0.122. The van der Waals surface area contributed by atoms with Gasteiger partial charge in [0.1, 0.15) is 5.75 Å². The second-order valence-corrected chi connectivity index (χ2v) is 5.87. The van der Waals surface area contributed by atoms with Crippen LogP contribution in [0.1, 0.15) is 32.1 Å². The predicted molar refractivity (Wildman–Crippen MR) is 86.6 cm³/mol. The van der Waals surface area contributed by atoms with Crippen LogP contribution >= 0.6 is 28.3 Å². The average Bonchev–Trinajstić information content (AvgIpc) is 2.41. The molecule has 0 heterocycles. The largest absolute Gasteiger partial charge is 0.495 e. The first-order valence-corrected chi connectivity index (χ1v) is 7.28. The van der Waals surface area contributed by atoms with Crippen LogP contribution in [0.4, 0.5) is 5.69 Å². The number of halogens is 2. The van der Waals surface area contributed by atoms with E-state index >= 15 is 0 Å². The molecule has 4 nitrogen and oxygen atoms in total. The third-order valence-electron chi connectivity index (χ3n) is 3.61. The van der Waals surface area contributed by atoms with Crippen LogP contribution in [0.25, 0.3) is 0 Å². The summed E-state index contributed by atoms with van der Waals surface area (Å²) >= 11 is 3.38. The average molecular weight is 364 g/mol. The van der Waals surface area contributed by atoms with Gasteiger partial charge in [0.15, 0.2) is 0 Å². The molecular weight excluding hydrogens is 344 g/mol. The van der Waals surface area contributed by atoms with E-state index in [9.17, 15) is 4.79 Å². The van der Waals surface area contributed by atoms with Gasteiger partial charge in [-0.15, -0.1) is 12.4 Å². The lowest BCUT2D eigenvalue weighted by atomic mass is 9.82. The minimum Gasteiger partial charge on any atom is -0.495 e. The molecule has 1 saturated carbocycles. The number of carbonyl (C=O) groups excluding carboxylic acids is 1. The zero-order valence-corrected chi connectivity index (χ0v) is 13.9. The topological polar surface area (TPSA) is 64.3 Å². The summed E-state index contributed by atoms with van der Waals surface area (Å²) < 4.78 is 6.06. The molecule has 0 radical (unpaired) electrons. The summed E-state index contributed by atoms with van der Waals surface area (Å²) in [7, 11) is 1.59. The van der Waals surface area contributed by atoms with Crippen LogP contribution in [0.15, 0.2) is 22.7 Å². The number of rotatable bonds is 3. The standard InChI is InChI=1S/C14H19BrN2O2.ClH/c1-19-12-9-10(5-6-11(12)15)17-13(18)14(16)7-3-2-4-8-14;/h5-6,9H,2-4,7-8,16H2,1H3,(H,17,18);1H. The molecule has 20 heavy (non-hydrogen) atoms. The highest BCUT2D eigenvalue weighted by Gasteiger charge is 2.35. The summed E-state index contributed by atoms with van der Waals surface area (Å²) in [6.07, 6.45) is 4.72. The Morgan fingerprint density at radius 3 is 2.60 bits per heavy atom. The van der Waals surface area contributed by atoms with E-state index in [1.165, 1.54) is 6.42 Å². The second-order valence-electron chi connectivity index (χ2n) is 5.02. The highest BCUT2D eigenvalue weighted by Crippen LogP contribution is 2.30. The van der Waals surface area contributed by atoms with Gasteiger partial charge in [-0.05, 0) is 40.9 Å². The fourth-order valence-corrected chi connectivity index (χ4v) is 2.81. The lowest BCUT2D eigenvalue weighted by Gasteiger charge is -2.31. The molecule has 1 fully saturated rings. The maximum absolute atomic E-state index is 12.3. The van der Waals surface area contributed by atoms with Gasteiger partial charge in [-0.3, -0.25) is 4.79 Å². The van der Waals surface area contributed by atoms with E-state index < -0.39 is 5.54 Å². The molecule has 1 aromatic rings. The molecule has 1 aliphatic carbocycles. The third kappa shape index (κ3) is 3.87. The smallest absolute Gasteiger partial charge is 0.244 e. The Morgan fingerprint density at radius 1 is 1.35 bits per heavy atom. The van der Waals surface area contributed by atoms with Gasteiger partial charge < -0.3 is 15.8 Å². The number of ether oxygens (including phenoxy) is 1. The van der Waals surface area contributed by atoms with Gasteiger partial charge >= 0.3 is 0 Å². The summed E-state index contributed by atoms with van der Waals surface area (Å²) in [5.41, 5.74) is 6.18. The van der Waals surface area contributed by atoms with E-state index in [1.807, 2.05) is 12.1 Å². The van der Waals surface area contributed by atoms with E-state index in [4.69, 9.17) is 10.5 Å². The summed E-state index contributed by atoms with van der Waals surface area (Å²) in [5.74, 6) is 0.587. The van der Waals surface area contributed by atoms with Gasteiger partial charge in [0.25, 0.3) is 0 Å². The van der Waals surface area contributed by atoms with Crippen LogP contribution < -0.4 is 15.8 Å². The summed E-state index contributed by atoms with van der Waals surface area (Å²) in [6, 6.07) is 5.46. The Morgan fingerprint density at radius 2 is 2.00 bits per heavy atom. The molecule has 2 rings (SSSR count). The van der Waals surface area contributed by atoms with Crippen molar-refractivity contribution in [3.8, 4) is 5.75 Å². The third-order valence-corrected chi connectivity index (χ3v) is 4.26. The van der Waals surface area contributed by atoms with Crippen molar-refractivity contribution in [1.82, 2.24) is 0 Å². The van der Waals surface area contributed by atoms with Crippen LogP contribution in [0, 0.1) is 0 Å². The van der Waals surface area contributed by atoms with E-state index in [-0.39, 0.29) is 18.3 Å². The second kappa shape index (κ2) is 7.29. The van der Waals surface area contributed by atoms with Crippen molar-refractivity contribution in [2.75, 3.05) is 12.4 Å². The van der Waals surface area contributed by atoms with Crippen LogP contribution in [-0.2, 0) is 4.79 Å². The van der Waals surface area contributed by atoms with Gasteiger partial charge in [-0.1, -0.05) is 19.3 Å². The normalized spacial score (nSPS) is 16.9. The number of amides is 1. The van der Waals surface area contributed by atoms with Gasteiger partial charge in [0.05, 0.1) is 17.1 Å². The first-order valence-electron chi connectivity index (χ1n) is 6.49. The number of benzene rings is 1. The van der Waals surface area contributed by atoms with Crippen LogP contribution in [0.2, 0.25) is 0 Å². The molecule has 1 aromatic carbocycles. The Hall–Kier alpha value is -0.780. The highest BCUT2D eigenvalue weighted by atomic mass is 79.9. The molecule has 0 unspecified atom stereocenters. The van der Waals surface area contributed by atoms with Crippen LogP contribution in [0.3, 0.4) is 0 Å².